The average Bonchev–Trinajstić information content (AvgIpc) is 3.41. The molecule has 1 unspecified atom stereocenters. The molecule has 5 saturated carbocycles. The SMILES string of the molecule is C=C(C)[C@@H]1C[C@@H](CC(=O)NCc2ccc(C)c(F)c2)C2CC[C@]3(C)[C@H](CC[C@@H]4[C@@]5(C)CC[C@H](OC(=O)CC(C)(C)C(=O)O)C(C)(C)[C@@H]5CC[C@]43C)[C@H]21. The lowest BCUT2D eigenvalue weighted by Gasteiger charge is -2.72. The zero-order chi connectivity index (χ0) is 38.2. The summed E-state index contributed by atoms with van der Waals surface area (Å²) >= 11 is 0. The van der Waals surface area contributed by atoms with E-state index in [1.165, 1.54) is 37.3 Å². The number of carbonyl (C=O) groups is 3. The van der Waals surface area contributed by atoms with E-state index in [0.29, 0.717) is 60.0 Å². The number of carboxylic acid groups (broad SMARTS) is 1. The normalized spacial score (nSPS) is 39.3. The Balaban J connectivity index is 1.17. The van der Waals surface area contributed by atoms with Crippen molar-refractivity contribution in [1.82, 2.24) is 5.32 Å². The van der Waals surface area contributed by atoms with Crippen LogP contribution in [0.4, 0.5) is 4.39 Å². The molecule has 0 spiro atoms. The monoisotopic (exact) mass is 719 g/mol. The molecule has 0 saturated heterocycles. The second-order valence-electron chi connectivity index (χ2n) is 20.2. The number of aryl methyl sites for hydroxylation is 1. The number of carbonyl (C=O) groups excluding carboxylic acids is 2. The molecule has 0 heterocycles. The molecule has 6 rings (SSSR count). The van der Waals surface area contributed by atoms with Gasteiger partial charge in [0.2, 0.25) is 5.91 Å². The second-order valence-corrected chi connectivity index (χ2v) is 20.2. The Morgan fingerprint density at radius 3 is 2.33 bits per heavy atom. The number of ether oxygens (including phenoxy) is 1. The summed E-state index contributed by atoms with van der Waals surface area (Å²) in [5.41, 5.74) is 1.84. The summed E-state index contributed by atoms with van der Waals surface area (Å²) in [6.07, 6.45) is 10.1. The molecule has 0 aromatic heterocycles. The van der Waals surface area contributed by atoms with Crippen LogP contribution in [0.3, 0.4) is 0 Å². The van der Waals surface area contributed by atoms with Crippen LogP contribution >= 0.6 is 0 Å². The highest BCUT2D eigenvalue weighted by molar-refractivity contribution is 5.81. The number of rotatable bonds is 9. The third-order valence-corrected chi connectivity index (χ3v) is 16.7. The van der Waals surface area contributed by atoms with E-state index in [1.807, 2.05) is 6.07 Å². The fourth-order valence-corrected chi connectivity index (χ4v) is 13.6. The van der Waals surface area contributed by atoms with E-state index in [-0.39, 0.29) is 45.9 Å². The maximum absolute atomic E-state index is 14.1. The number of carboxylic acids is 1. The third-order valence-electron chi connectivity index (χ3n) is 16.7. The van der Waals surface area contributed by atoms with E-state index in [0.717, 1.165) is 37.7 Å². The largest absolute Gasteiger partial charge is 0.481 e. The first kappa shape index (κ1) is 39.0. The van der Waals surface area contributed by atoms with Gasteiger partial charge >= 0.3 is 11.9 Å². The molecular formula is C45H66FNO5. The Bertz CT molecular complexity index is 1600. The average molecular weight is 720 g/mol. The number of halogens is 1. The minimum atomic E-state index is -1.15. The number of allylic oxidation sites excluding steroid dienone is 1. The smallest absolute Gasteiger partial charge is 0.309 e. The van der Waals surface area contributed by atoms with E-state index in [9.17, 15) is 23.9 Å². The minimum absolute atomic E-state index is 0.0665. The predicted octanol–water partition coefficient (Wildman–Crippen LogP) is 10.1. The summed E-state index contributed by atoms with van der Waals surface area (Å²) in [6, 6.07) is 5.19. The van der Waals surface area contributed by atoms with E-state index < -0.39 is 17.4 Å². The van der Waals surface area contributed by atoms with Gasteiger partial charge in [-0.3, -0.25) is 14.4 Å². The third kappa shape index (κ3) is 6.36. The standard InChI is InChI=1S/C45H66FNO5/c1-26(2)31-22-29(23-37(48)47-25-28-12-11-27(3)33(46)21-28)30-15-19-44(9)32(39(30)31)13-14-35-43(8)18-17-36(52-38(49)24-41(4,5)40(50)51)42(6,7)34(43)16-20-45(35,44)10/h11-12,21,29-32,34-36,39H,1,13-20,22-25H2,2-10H3,(H,47,48)(H,50,51)/t29-,30?,31-,32+,34-,35+,36-,39+,43-,44+,45+/m0/s1. The van der Waals surface area contributed by atoms with Gasteiger partial charge < -0.3 is 15.2 Å². The van der Waals surface area contributed by atoms with Gasteiger partial charge in [0.15, 0.2) is 0 Å². The molecule has 5 aliphatic rings. The van der Waals surface area contributed by atoms with Crippen LogP contribution in [-0.4, -0.2) is 29.1 Å². The van der Waals surface area contributed by atoms with Crippen molar-refractivity contribution < 1.29 is 28.6 Å². The molecule has 6 nitrogen and oxygen atoms in total. The number of hydrogen-bond donors (Lipinski definition) is 2. The van der Waals surface area contributed by atoms with E-state index >= 15 is 0 Å². The first-order valence-electron chi connectivity index (χ1n) is 20.3. The van der Waals surface area contributed by atoms with Crippen LogP contribution in [0.15, 0.2) is 30.4 Å². The van der Waals surface area contributed by atoms with Crippen LogP contribution in [0.25, 0.3) is 0 Å². The first-order chi connectivity index (χ1) is 24.2. The van der Waals surface area contributed by atoms with Gasteiger partial charge in [-0.1, -0.05) is 58.9 Å². The number of hydrogen-bond acceptors (Lipinski definition) is 4. The molecule has 5 fully saturated rings. The number of aliphatic carboxylic acids is 1. The van der Waals surface area contributed by atoms with Gasteiger partial charge in [0, 0.05) is 18.4 Å². The topological polar surface area (TPSA) is 92.7 Å². The molecule has 1 aromatic carbocycles. The Kier molecular flexibility index (Phi) is 10.2. The van der Waals surface area contributed by atoms with Crippen molar-refractivity contribution >= 4 is 17.8 Å². The molecule has 0 bridgehead atoms. The van der Waals surface area contributed by atoms with E-state index in [2.05, 4.69) is 53.4 Å². The molecule has 1 aromatic rings. The van der Waals surface area contributed by atoms with Crippen molar-refractivity contribution in [3.05, 3.63) is 47.3 Å². The van der Waals surface area contributed by atoms with Gasteiger partial charge in [0.25, 0.3) is 0 Å². The van der Waals surface area contributed by atoms with Gasteiger partial charge in [-0.15, -0.1) is 0 Å². The van der Waals surface area contributed by atoms with Crippen molar-refractivity contribution in [2.75, 3.05) is 0 Å². The van der Waals surface area contributed by atoms with Crippen molar-refractivity contribution in [1.29, 1.82) is 0 Å². The summed E-state index contributed by atoms with van der Waals surface area (Å²) in [7, 11) is 0. The highest BCUT2D eigenvalue weighted by atomic mass is 19.1. The van der Waals surface area contributed by atoms with Crippen molar-refractivity contribution in [2.45, 2.75) is 146 Å². The van der Waals surface area contributed by atoms with Crippen LogP contribution in [0.5, 0.6) is 0 Å². The summed E-state index contributed by atoms with van der Waals surface area (Å²) < 4.78 is 20.3. The molecule has 11 atom stereocenters. The van der Waals surface area contributed by atoms with Crippen molar-refractivity contribution in [3.8, 4) is 0 Å². The Hall–Kier alpha value is -2.70. The quantitative estimate of drug-likeness (QED) is 0.196. The fourth-order valence-electron chi connectivity index (χ4n) is 13.6. The molecule has 0 radical (unpaired) electrons. The molecule has 7 heteroatoms. The van der Waals surface area contributed by atoms with Crippen molar-refractivity contribution in [2.24, 2.45) is 68.5 Å². The van der Waals surface area contributed by atoms with E-state index in [1.54, 1.807) is 26.8 Å². The van der Waals surface area contributed by atoms with Crippen LogP contribution in [0.2, 0.25) is 0 Å². The molecule has 0 aliphatic heterocycles. The number of benzene rings is 1. The van der Waals surface area contributed by atoms with Gasteiger partial charge in [0.1, 0.15) is 11.9 Å². The highest BCUT2D eigenvalue weighted by Crippen LogP contribution is 2.76. The second kappa shape index (κ2) is 13.6. The van der Waals surface area contributed by atoms with Gasteiger partial charge in [-0.05, 0) is 160 Å². The Morgan fingerprint density at radius 1 is 0.981 bits per heavy atom. The number of nitrogens with one attached hydrogen (secondary N) is 1. The first-order valence-corrected chi connectivity index (χ1v) is 20.3. The minimum Gasteiger partial charge on any atom is -0.481 e. The summed E-state index contributed by atoms with van der Waals surface area (Å²) in [5, 5.41) is 12.7. The lowest BCUT2D eigenvalue weighted by atomic mass is 9.33. The van der Waals surface area contributed by atoms with Crippen LogP contribution in [0.1, 0.15) is 137 Å². The zero-order valence-electron chi connectivity index (χ0n) is 33.5. The fraction of sp³-hybridized carbons (Fsp3) is 0.756. The van der Waals surface area contributed by atoms with Crippen LogP contribution in [0, 0.1) is 81.2 Å². The predicted molar refractivity (Wildman–Crippen MR) is 202 cm³/mol. The molecule has 52 heavy (non-hydrogen) atoms. The number of amides is 1. The summed E-state index contributed by atoms with van der Waals surface area (Å²) in [4.78, 5) is 38.2. The lowest BCUT2D eigenvalue weighted by Crippen LogP contribution is -2.66. The highest BCUT2D eigenvalue weighted by Gasteiger charge is 2.70. The molecule has 1 amide bonds. The number of esters is 1. The Morgan fingerprint density at radius 2 is 1.67 bits per heavy atom. The molecule has 288 valence electrons. The van der Waals surface area contributed by atoms with E-state index in [4.69, 9.17) is 4.74 Å². The number of fused-ring (bicyclic) bond motifs is 7. The van der Waals surface area contributed by atoms with Gasteiger partial charge in [0.05, 0.1) is 11.8 Å². The van der Waals surface area contributed by atoms with Crippen LogP contribution in [-0.2, 0) is 25.7 Å². The van der Waals surface area contributed by atoms with Crippen LogP contribution < -0.4 is 5.32 Å². The summed E-state index contributed by atoms with van der Waals surface area (Å²) in [5.74, 6) is 1.88. The lowest BCUT2D eigenvalue weighted by molar-refractivity contribution is -0.245. The Labute approximate surface area is 312 Å². The van der Waals surface area contributed by atoms with Crippen molar-refractivity contribution in [3.63, 3.8) is 0 Å². The molecule has 5 aliphatic carbocycles. The maximum atomic E-state index is 14.1. The maximum Gasteiger partial charge on any atom is 0.309 e. The molecule has 2 N–H and O–H groups in total. The van der Waals surface area contributed by atoms with Gasteiger partial charge in [-0.25, -0.2) is 4.39 Å². The molecular weight excluding hydrogens is 653 g/mol. The van der Waals surface area contributed by atoms with Gasteiger partial charge in [-0.2, -0.15) is 0 Å². The summed E-state index contributed by atoms with van der Waals surface area (Å²) in [6.45, 7) is 24.4. The zero-order valence-corrected chi connectivity index (χ0v) is 33.5.